The fourth-order valence-electron chi connectivity index (χ4n) is 2.57. The summed E-state index contributed by atoms with van der Waals surface area (Å²) in [5.41, 5.74) is -1.54. The van der Waals surface area contributed by atoms with Gasteiger partial charge in [0, 0.05) is 16.7 Å². The van der Waals surface area contributed by atoms with Crippen LogP contribution in [-0.2, 0) is 0 Å². The average molecular weight is 300 g/mol. The molecule has 0 amide bonds. The molecule has 1 aliphatic carbocycles. The number of benzene rings is 2. The molecule has 2 nitrogen and oxygen atoms in total. The molecule has 2 aromatic carbocycles. The van der Waals surface area contributed by atoms with Crippen LogP contribution < -0.4 is 0 Å². The van der Waals surface area contributed by atoms with Crippen LogP contribution in [0.15, 0.2) is 29.8 Å². The largest absolute Gasteiger partial charge is 0.203 e. The van der Waals surface area contributed by atoms with Crippen LogP contribution >= 0.6 is 0 Å². The molecule has 0 unspecified atom stereocenters. The van der Waals surface area contributed by atoms with E-state index in [4.69, 9.17) is 10.5 Å². The summed E-state index contributed by atoms with van der Waals surface area (Å²) in [6.07, 6.45) is 0. The molecule has 0 fully saturated rings. The molecule has 1 aliphatic rings. The highest BCUT2D eigenvalue weighted by Crippen LogP contribution is 2.48. The Kier molecular flexibility index (Phi) is 2.97. The Labute approximate surface area is 122 Å². The molecule has 0 heterocycles. The maximum absolute atomic E-state index is 14.2. The lowest BCUT2D eigenvalue weighted by Gasteiger charge is -2.07. The van der Waals surface area contributed by atoms with Crippen molar-refractivity contribution < 1.29 is 17.6 Å². The van der Waals surface area contributed by atoms with Crippen molar-refractivity contribution >= 4 is 5.57 Å². The Morgan fingerprint density at radius 2 is 1.23 bits per heavy atom. The van der Waals surface area contributed by atoms with Crippen molar-refractivity contribution in [3.05, 3.63) is 64.2 Å². The third-order valence-electron chi connectivity index (χ3n) is 3.46. The molecule has 106 valence electrons. The Hall–Kier alpha value is -3.12. The minimum absolute atomic E-state index is 0.103. The fraction of sp³-hybridized carbons (Fsp3) is 0. The summed E-state index contributed by atoms with van der Waals surface area (Å²) in [4.78, 5) is 0. The zero-order chi connectivity index (χ0) is 16.0. The van der Waals surface area contributed by atoms with Crippen molar-refractivity contribution in [3.8, 4) is 23.3 Å². The second kappa shape index (κ2) is 4.71. The summed E-state index contributed by atoms with van der Waals surface area (Å²) in [7, 11) is 0. The summed E-state index contributed by atoms with van der Waals surface area (Å²) in [6.45, 7) is 0. The van der Waals surface area contributed by atoms with E-state index in [0.29, 0.717) is 0 Å². The zero-order valence-corrected chi connectivity index (χ0v) is 10.7. The molecule has 0 aromatic heterocycles. The predicted molar refractivity (Wildman–Crippen MR) is 69.0 cm³/mol. The van der Waals surface area contributed by atoms with Crippen LogP contribution in [-0.4, -0.2) is 0 Å². The molecule has 0 radical (unpaired) electrons. The number of hydrogen-bond acceptors (Lipinski definition) is 2. The summed E-state index contributed by atoms with van der Waals surface area (Å²) in [5.74, 6) is -7.07. The maximum atomic E-state index is 14.2. The van der Waals surface area contributed by atoms with Crippen molar-refractivity contribution in [2.24, 2.45) is 0 Å². The van der Waals surface area contributed by atoms with E-state index >= 15 is 0 Å². The van der Waals surface area contributed by atoms with Gasteiger partial charge in [-0.25, -0.2) is 17.6 Å². The normalized spacial score (nSPS) is 11.5. The first-order chi connectivity index (χ1) is 10.5. The van der Waals surface area contributed by atoms with Crippen molar-refractivity contribution in [2.75, 3.05) is 0 Å². The Bertz CT molecular complexity index is 930. The van der Waals surface area contributed by atoms with E-state index in [1.807, 2.05) is 0 Å². The van der Waals surface area contributed by atoms with Gasteiger partial charge >= 0.3 is 0 Å². The van der Waals surface area contributed by atoms with Gasteiger partial charge in [0.15, 0.2) is 23.3 Å². The molecule has 0 atom stereocenters. The molecule has 0 spiro atoms. The molecule has 0 saturated carbocycles. The van der Waals surface area contributed by atoms with Gasteiger partial charge in [0.25, 0.3) is 0 Å². The third-order valence-corrected chi connectivity index (χ3v) is 3.46. The van der Waals surface area contributed by atoms with Crippen LogP contribution in [0, 0.1) is 45.9 Å². The Morgan fingerprint density at radius 1 is 0.727 bits per heavy atom. The van der Waals surface area contributed by atoms with Crippen molar-refractivity contribution in [1.29, 1.82) is 10.5 Å². The Balaban J connectivity index is 2.60. The van der Waals surface area contributed by atoms with E-state index in [0.717, 1.165) is 0 Å². The second-order valence-electron chi connectivity index (χ2n) is 4.53. The van der Waals surface area contributed by atoms with Gasteiger partial charge < -0.3 is 0 Å². The van der Waals surface area contributed by atoms with Gasteiger partial charge in [0.2, 0.25) is 0 Å². The van der Waals surface area contributed by atoms with Crippen LogP contribution in [0.25, 0.3) is 16.7 Å². The SMILES string of the molecule is N#CC(C#N)=C1c2ccccc2-c2c(F)c(F)c(F)c(F)c21. The second-order valence-corrected chi connectivity index (χ2v) is 4.53. The van der Waals surface area contributed by atoms with Gasteiger partial charge in [-0.3, -0.25) is 0 Å². The fourth-order valence-corrected chi connectivity index (χ4v) is 2.57. The Morgan fingerprint density at radius 3 is 1.77 bits per heavy atom. The number of halogens is 4. The van der Waals surface area contributed by atoms with Crippen LogP contribution in [0.1, 0.15) is 11.1 Å². The van der Waals surface area contributed by atoms with E-state index in [1.54, 1.807) is 12.1 Å². The molecule has 6 heteroatoms. The lowest BCUT2D eigenvalue weighted by atomic mass is 9.98. The van der Waals surface area contributed by atoms with E-state index in [1.165, 1.54) is 24.3 Å². The summed E-state index contributed by atoms with van der Waals surface area (Å²) in [5, 5.41) is 18.0. The number of rotatable bonds is 0. The van der Waals surface area contributed by atoms with Gasteiger partial charge in [-0.05, 0) is 11.1 Å². The zero-order valence-electron chi connectivity index (χ0n) is 10.7. The van der Waals surface area contributed by atoms with Gasteiger partial charge in [-0.15, -0.1) is 0 Å². The molecule has 2 aromatic rings. The summed E-state index contributed by atoms with van der Waals surface area (Å²) >= 11 is 0. The summed E-state index contributed by atoms with van der Waals surface area (Å²) < 4.78 is 55.3. The number of nitriles is 2. The standard InChI is InChI=1S/C16H4F4N2/c17-13-11-9-4-2-1-3-8(9)10(7(5-21)6-22)12(11)14(18)16(20)15(13)19/h1-4H. The molecular formula is C16H4F4N2. The summed E-state index contributed by atoms with van der Waals surface area (Å²) in [6, 6.07) is 8.98. The van der Waals surface area contributed by atoms with E-state index in [9.17, 15) is 17.6 Å². The van der Waals surface area contributed by atoms with Gasteiger partial charge in [0.1, 0.15) is 17.7 Å². The first-order valence-corrected chi connectivity index (χ1v) is 6.03. The van der Waals surface area contributed by atoms with Gasteiger partial charge in [-0.2, -0.15) is 10.5 Å². The van der Waals surface area contributed by atoms with E-state index in [-0.39, 0.29) is 16.7 Å². The van der Waals surface area contributed by atoms with E-state index in [2.05, 4.69) is 0 Å². The highest BCUT2D eigenvalue weighted by atomic mass is 19.2. The lowest BCUT2D eigenvalue weighted by molar-refractivity contribution is 0.410. The van der Waals surface area contributed by atoms with Crippen LogP contribution in [0.3, 0.4) is 0 Å². The molecule has 3 rings (SSSR count). The minimum atomic E-state index is -1.98. The molecule has 0 saturated heterocycles. The highest BCUT2D eigenvalue weighted by Gasteiger charge is 2.36. The monoisotopic (exact) mass is 300 g/mol. The maximum Gasteiger partial charge on any atom is 0.198 e. The average Bonchev–Trinajstić information content (AvgIpc) is 2.88. The van der Waals surface area contributed by atoms with Crippen LogP contribution in [0.2, 0.25) is 0 Å². The first-order valence-electron chi connectivity index (χ1n) is 6.03. The quantitative estimate of drug-likeness (QED) is 0.272. The van der Waals surface area contributed by atoms with Crippen molar-refractivity contribution in [2.45, 2.75) is 0 Å². The minimum Gasteiger partial charge on any atom is -0.203 e. The smallest absolute Gasteiger partial charge is 0.198 e. The molecule has 0 aliphatic heterocycles. The van der Waals surface area contributed by atoms with Crippen molar-refractivity contribution in [3.63, 3.8) is 0 Å². The molecule has 0 N–H and O–H groups in total. The predicted octanol–water partition coefficient (Wildman–Crippen LogP) is 4.07. The van der Waals surface area contributed by atoms with Crippen LogP contribution in [0.4, 0.5) is 17.6 Å². The van der Waals surface area contributed by atoms with Crippen LogP contribution in [0.5, 0.6) is 0 Å². The molecule has 0 bridgehead atoms. The third kappa shape index (κ3) is 1.58. The highest BCUT2D eigenvalue weighted by molar-refractivity contribution is 6.04. The van der Waals surface area contributed by atoms with E-state index < -0.39 is 40.0 Å². The number of nitrogens with zero attached hydrogens (tertiary/aromatic N) is 2. The number of allylic oxidation sites excluding steroid dienone is 1. The lowest BCUT2D eigenvalue weighted by Crippen LogP contribution is -2.02. The molecular weight excluding hydrogens is 296 g/mol. The first kappa shape index (κ1) is 13.8. The number of fused-ring (bicyclic) bond motifs is 3. The molecule has 22 heavy (non-hydrogen) atoms. The topological polar surface area (TPSA) is 47.6 Å². The number of hydrogen-bond donors (Lipinski definition) is 0. The van der Waals surface area contributed by atoms with Crippen molar-refractivity contribution in [1.82, 2.24) is 0 Å². The van der Waals surface area contributed by atoms with Gasteiger partial charge in [-0.1, -0.05) is 24.3 Å². The van der Waals surface area contributed by atoms with Gasteiger partial charge in [0.05, 0.1) is 0 Å².